The highest BCUT2D eigenvalue weighted by Crippen LogP contribution is 2.48. The van der Waals surface area contributed by atoms with Crippen LogP contribution >= 0.6 is 0 Å². The SMILES string of the molecule is COCCNCc1nnc(NCC2CC3CCC2C3)o1. The fourth-order valence-corrected chi connectivity index (χ4v) is 3.61. The van der Waals surface area contributed by atoms with Crippen molar-refractivity contribution in [2.24, 2.45) is 17.8 Å². The molecule has 2 fully saturated rings. The normalized spacial score (nSPS) is 28.1. The van der Waals surface area contributed by atoms with E-state index >= 15 is 0 Å². The molecule has 3 unspecified atom stereocenters. The molecule has 0 saturated heterocycles. The number of nitrogens with one attached hydrogen (secondary N) is 2. The lowest BCUT2D eigenvalue weighted by molar-refractivity contribution is 0.198. The first-order valence-corrected chi connectivity index (χ1v) is 7.61. The van der Waals surface area contributed by atoms with Crippen molar-refractivity contribution in [3.8, 4) is 0 Å². The molecular formula is C14H24N4O2. The van der Waals surface area contributed by atoms with Gasteiger partial charge in [-0.25, -0.2) is 0 Å². The molecule has 2 aliphatic carbocycles. The third-order valence-corrected chi connectivity index (χ3v) is 4.63. The van der Waals surface area contributed by atoms with Crippen molar-refractivity contribution in [1.29, 1.82) is 0 Å². The number of methoxy groups -OCH3 is 1. The summed E-state index contributed by atoms with van der Waals surface area (Å²) in [6.45, 7) is 3.03. The Morgan fingerprint density at radius 3 is 3.00 bits per heavy atom. The number of nitrogens with zero attached hydrogens (tertiary/aromatic N) is 2. The second-order valence-electron chi connectivity index (χ2n) is 5.99. The number of aromatic nitrogens is 2. The Bertz CT molecular complexity index is 423. The molecule has 1 aromatic rings. The molecule has 0 radical (unpaired) electrons. The smallest absolute Gasteiger partial charge is 0.315 e. The predicted molar refractivity (Wildman–Crippen MR) is 75.3 cm³/mol. The van der Waals surface area contributed by atoms with Crippen LogP contribution in [0, 0.1) is 17.8 Å². The van der Waals surface area contributed by atoms with Gasteiger partial charge in [-0.1, -0.05) is 11.5 Å². The van der Waals surface area contributed by atoms with Gasteiger partial charge in [0.25, 0.3) is 0 Å². The Morgan fingerprint density at radius 2 is 2.25 bits per heavy atom. The van der Waals surface area contributed by atoms with Crippen LogP contribution in [0.5, 0.6) is 0 Å². The van der Waals surface area contributed by atoms with Gasteiger partial charge in [0.2, 0.25) is 5.89 Å². The second kappa shape index (κ2) is 6.54. The average Bonchev–Trinajstić information content (AvgIpc) is 3.17. The minimum Gasteiger partial charge on any atom is -0.407 e. The van der Waals surface area contributed by atoms with E-state index in [4.69, 9.17) is 9.15 Å². The van der Waals surface area contributed by atoms with Crippen LogP contribution in [0.15, 0.2) is 4.42 Å². The summed E-state index contributed by atoms with van der Waals surface area (Å²) in [7, 11) is 1.69. The highest BCUT2D eigenvalue weighted by molar-refractivity contribution is 5.17. The molecule has 3 atom stereocenters. The number of hydrogen-bond donors (Lipinski definition) is 2. The molecule has 3 rings (SSSR count). The van der Waals surface area contributed by atoms with E-state index in [0.717, 1.165) is 30.8 Å². The van der Waals surface area contributed by atoms with Crippen LogP contribution in [0.25, 0.3) is 0 Å². The summed E-state index contributed by atoms with van der Waals surface area (Å²) in [4.78, 5) is 0. The summed E-state index contributed by atoms with van der Waals surface area (Å²) in [5.41, 5.74) is 0. The van der Waals surface area contributed by atoms with Crippen molar-refractivity contribution < 1.29 is 9.15 Å². The third-order valence-electron chi connectivity index (χ3n) is 4.63. The summed E-state index contributed by atoms with van der Waals surface area (Å²) in [6, 6.07) is 0.552. The van der Waals surface area contributed by atoms with Crippen LogP contribution in [0.4, 0.5) is 6.01 Å². The summed E-state index contributed by atoms with van der Waals surface area (Å²) in [6.07, 6.45) is 5.66. The summed E-state index contributed by atoms with van der Waals surface area (Å²) in [5, 5.41) is 14.6. The van der Waals surface area contributed by atoms with Crippen LogP contribution in [-0.2, 0) is 11.3 Å². The fourth-order valence-electron chi connectivity index (χ4n) is 3.61. The standard InChI is InChI=1S/C14H24N4O2/c1-19-5-4-15-9-13-17-18-14(20-13)16-8-12-7-10-2-3-11(12)6-10/h10-12,15H,2-9H2,1H3,(H,16,18). The van der Waals surface area contributed by atoms with E-state index in [0.29, 0.717) is 25.1 Å². The first-order valence-electron chi connectivity index (χ1n) is 7.61. The van der Waals surface area contributed by atoms with E-state index in [1.165, 1.54) is 25.7 Å². The van der Waals surface area contributed by atoms with Gasteiger partial charge in [0.05, 0.1) is 13.2 Å². The quantitative estimate of drug-likeness (QED) is 0.706. The molecular weight excluding hydrogens is 256 g/mol. The van der Waals surface area contributed by atoms with E-state index in [9.17, 15) is 0 Å². The van der Waals surface area contributed by atoms with Gasteiger partial charge in [0.1, 0.15) is 0 Å². The molecule has 20 heavy (non-hydrogen) atoms. The van der Waals surface area contributed by atoms with Crippen LogP contribution < -0.4 is 10.6 Å². The number of anilines is 1. The molecule has 2 N–H and O–H groups in total. The Hall–Kier alpha value is -1.14. The van der Waals surface area contributed by atoms with Crippen molar-refractivity contribution in [3.63, 3.8) is 0 Å². The molecule has 0 spiro atoms. The maximum Gasteiger partial charge on any atom is 0.315 e. The Labute approximate surface area is 119 Å². The van der Waals surface area contributed by atoms with Crippen molar-refractivity contribution in [1.82, 2.24) is 15.5 Å². The maximum atomic E-state index is 5.57. The minimum atomic E-state index is 0.552. The molecule has 1 aromatic heterocycles. The first kappa shape index (κ1) is 13.8. The highest BCUT2D eigenvalue weighted by atomic mass is 16.5. The number of fused-ring (bicyclic) bond motifs is 2. The van der Waals surface area contributed by atoms with E-state index in [1.807, 2.05) is 0 Å². The lowest BCUT2D eigenvalue weighted by atomic mass is 9.89. The lowest BCUT2D eigenvalue weighted by Gasteiger charge is -2.21. The number of rotatable bonds is 8. The molecule has 1 heterocycles. The largest absolute Gasteiger partial charge is 0.407 e. The van der Waals surface area contributed by atoms with Gasteiger partial charge in [0, 0.05) is 20.2 Å². The van der Waals surface area contributed by atoms with Gasteiger partial charge in [-0.3, -0.25) is 0 Å². The Morgan fingerprint density at radius 1 is 1.30 bits per heavy atom. The van der Waals surface area contributed by atoms with E-state index in [1.54, 1.807) is 7.11 Å². The van der Waals surface area contributed by atoms with Gasteiger partial charge in [0.15, 0.2) is 0 Å². The lowest BCUT2D eigenvalue weighted by Crippen LogP contribution is -2.20. The molecule has 6 heteroatoms. The minimum absolute atomic E-state index is 0.552. The van der Waals surface area contributed by atoms with Gasteiger partial charge in [-0.2, -0.15) is 0 Å². The molecule has 112 valence electrons. The molecule has 6 nitrogen and oxygen atoms in total. The zero-order chi connectivity index (χ0) is 13.8. The second-order valence-corrected chi connectivity index (χ2v) is 5.99. The third kappa shape index (κ3) is 3.30. The fraction of sp³-hybridized carbons (Fsp3) is 0.857. The topological polar surface area (TPSA) is 72.2 Å². The van der Waals surface area contributed by atoms with E-state index < -0.39 is 0 Å². The predicted octanol–water partition coefficient (Wildman–Crippen LogP) is 1.65. The summed E-state index contributed by atoms with van der Waals surface area (Å²) in [5.74, 6) is 3.32. The molecule has 2 saturated carbocycles. The van der Waals surface area contributed by atoms with Gasteiger partial charge >= 0.3 is 6.01 Å². The molecule has 0 aliphatic heterocycles. The van der Waals surface area contributed by atoms with Gasteiger partial charge < -0.3 is 19.8 Å². The molecule has 0 aromatic carbocycles. The van der Waals surface area contributed by atoms with E-state index in [2.05, 4.69) is 20.8 Å². The van der Waals surface area contributed by atoms with Crippen LogP contribution in [0.2, 0.25) is 0 Å². The Kier molecular flexibility index (Phi) is 4.52. The maximum absolute atomic E-state index is 5.57. The van der Waals surface area contributed by atoms with Crippen LogP contribution in [0.3, 0.4) is 0 Å². The number of ether oxygens (including phenoxy) is 1. The monoisotopic (exact) mass is 280 g/mol. The van der Waals surface area contributed by atoms with Crippen LogP contribution in [-0.4, -0.2) is 37.0 Å². The molecule has 2 aliphatic rings. The summed E-state index contributed by atoms with van der Waals surface area (Å²) >= 11 is 0. The zero-order valence-corrected chi connectivity index (χ0v) is 12.1. The zero-order valence-electron chi connectivity index (χ0n) is 12.1. The van der Waals surface area contributed by atoms with Gasteiger partial charge in [-0.05, 0) is 37.0 Å². The highest BCUT2D eigenvalue weighted by Gasteiger charge is 2.39. The first-order chi connectivity index (χ1) is 9.85. The number of hydrogen-bond acceptors (Lipinski definition) is 6. The average molecular weight is 280 g/mol. The van der Waals surface area contributed by atoms with Crippen molar-refractivity contribution in [2.45, 2.75) is 32.2 Å². The van der Waals surface area contributed by atoms with Crippen LogP contribution in [0.1, 0.15) is 31.6 Å². The molecule has 2 bridgehead atoms. The van der Waals surface area contributed by atoms with E-state index in [-0.39, 0.29) is 0 Å². The van der Waals surface area contributed by atoms with Crippen molar-refractivity contribution >= 4 is 6.01 Å². The summed E-state index contributed by atoms with van der Waals surface area (Å²) < 4.78 is 10.5. The Balaban J connectivity index is 1.39. The molecule has 0 amide bonds. The van der Waals surface area contributed by atoms with Gasteiger partial charge in [-0.15, -0.1) is 5.10 Å². The van der Waals surface area contributed by atoms with Crippen molar-refractivity contribution in [3.05, 3.63) is 5.89 Å². The van der Waals surface area contributed by atoms with Crippen molar-refractivity contribution in [2.75, 3.05) is 32.1 Å².